The number of carbonyl (C=O) groups excluding carboxylic acids is 1. The van der Waals surface area contributed by atoms with E-state index in [0.29, 0.717) is 12.6 Å². The number of amides is 1. The average Bonchev–Trinajstić information content (AvgIpc) is 3.18. The Kier molecular flexibility index (Phi) is 4.27. The topological polar surface area (TPSA) is 56.0 Å². The number of hydrogen-bond acceptors (Lipinski definition) is 3. The molecule has 118 valence electrons. The Morgan fingerprint density at radius 3 is 2.95 bits per heavy atom. The fourth-order valence-corrected chi connectivity index (χ4v) is 3.23. The molecule has 0 radical (unpaired) electrons. The molecule has 22 heavy (non-hydrogen) atoms. The normalized spacial score (nSPS) is 20.1. The molecule has 3 rings (SSSR count). The highest BCUT2D eigenvalue weighted by Gasteiger charge is 2.28. The van der Waals surface area contributed by atoms with Gasteiger partial charge in [-0.3, -0.25) is 9.48 Å². The first kappa shape index (κ1) is 14.8. The Hall–Kier alpha value is -2.11. The second kappa shape index (κ2) is 6.34. The molecular weight excluding hydrogens is 278 g/mol. The zero-order chi connectivity index (χ0) is 15.5. The molecule has 0 saturated carbocycles. The molecule has 1 aliphatic rings. The van der Waals surface area contributed by atoms with Crippen molar-refractivity contribution in [2.24, 2.45) is 5.92 Å². The summed E-state index contributed by atoms with van der Waals surface area (Å²) in [6.07, 6.45) is 9.64. The number of carbonyl (C=O) groups is 1. The van der Waals surface area contributed by atoms with E-state index in [1.807, 2.05) is 48.1 Å². The lowest BCUT2D eigenvalue weighted by molar-refractivity contribution is -0.137. The van der Waals surface area contributed by atoms with Crippen molar-refractivity contribution in [2.45, 2.75) is 39.3 Å². The average molecular weight is 301 g/mol. The van der Waals surface area contributed by atoms with Gasteiger partial charge in [0, 0.05) is 37.9 Å². The lowest BCUT2D eigenvalue weighted by atomic mass is 10.0. The van der Waals surface area contributed by atoms with Crippen LogP contribution in [0, 0.1) is 12.8 Å². The van der Waals surface area contributed by atoms with Crippen molar-refractivity contribution in [1.82, 2.24) is 24.2 Å². The van der Waals surface area contributed by atoms with Gasteiger partial charge in [0.15, 0.2) is 0 Å². The molecule has 1 amide bonds. The van der Waals surface area contributed by atoms with E-state index in [-0.39, 0.29) is 11.8 Å². The maximum absolute atomic E-state index is 12.7. The van der Waals surface area contributed by atoms with Crippen LogP contribution < -0.4 is 0 Å². The highest BCUT2D eigenvalue weighted by atomic mass is 16.2. The number of rotatable bonds is 4. The number of imidazole rings is 1. The van der Waals surface area contributed by atoms with Gasteiger partial charge in [-0.15, -0.1) is 0 Å². The van der Waals surface area contributed by atoms with Crippen molar-refractivity contribution in [3.05, 3.63) is 36.7 Å². The van der Waals surface area contributed by atoms with Crippen LogP contribution >= 0.6 is 0 Å². The molecule has 2 atom stereocenters. The molecule has 0 unspecified atom stereocenters. The van der Waals surface area contributed by atoms with E-state index in [0.717, 1.165) is 31.8 Å². The van der Waals surface area contributed by atoms with Crippen molar-refractivity contribution in [1.29, 1.82) is 0 Å². The summed E-state index contributed by atoms with van der Waals surface area (Å²) in [5.74, 6) is 1.18. The Morgan fingerprint density at radius 1 is 1.41 bits per heavy atom. The Morgan fingerprint density at radius 2 is 2.27 bits per heavy atom. The van der Waals surface area contributed by atoms with Crippen molar-refractivity contribution < 1.29 is 4.79 Å². The summed E-state index contributed by atoms with van der Waals surface area (Å²) >= 11 is 0. The van der Waals surface area contributed by atoms with Crippen molar-refractivity contribution in [3.63, 3.8) is 0 Å². The van der Waals surface area contributed by atoms with Gasteiger partial charge in [-0.05, 0) is 25.8 Å². The number of aromatic nitrogens is 4. The van der Waals surface area contributed by atoms with E-state index < -0.39 is 0 Å². The van der Waals surface area contributed by atoms with Gasteiger partial charge in [0.05, 0.1) is 18.5 Å². The van der Waals surface area contributed by atoms with E-state index in [9.17, 15) is 4.79 Å². The first-order valence-electron chi connectivity index (χ1n) is 7.91. The minimum atomic E-state index is -0.0532. The van der Waals surface area contributed by atoms with Crippen molar-refractivity contribution in [2.75, 3.05) is 13.1 Å². The van der Waals surface area contributed by atoms with Crippen LogP contribution in [0.5, 0.6) is 0 Å². The van der Waals surface area contributed by atoms with Crippen LogP contribution in [0.25, 0.3) is 0 Å². The number of hydrogen-bond donors (Lipinski definition) is 0. The third kappa shape index (κ3) is 3.05. The molecule has 2 aromatic rings. The predicted molar refractivity (Wildman–Crippen MR) is 83.2 cm³/mol. The molecule has 3 heterocycles. The van der Waals surface area contributed by atoms with Crippen LogP contribution in [0.15, 0.2) is 30.9 Å². The molecule has 6 heteroatoms. The van der Waals surface area contributed by atoms with Gasteiger partial charge in [-0.2, -0.15) is 5.10 Å². The van der Waals surface area contributed by atoms with E-state index >= 15 is 0 Å². The van der Waals surface area contributed by atoms with Crippen LogP contribution in [-0.4, -0.2) is 43.2 Å². The zero-order valence-electron chi connectivity index (χ0n) is 13.2. The minimum Gasteiger partial charge on any atom is -0.340 e. The highest BCUT2D eigenvalue weighted by molar-refractivity contribution is 5.78. The van der Waals surface area contributed by atoms with Crippen LogP contribution in [0.1, 0.15) is 31.6 Å². The summed E-state index contributed by atoms with van der Waals surface area (Å²) in [4.78, 5) is 19.0. The SMILES string of the molecule is Cc1nccn1[C@@H]1CCCN(C(=O)[C@@H](C)Cn2cccn2)C1. The third-order valence-electron chi connectivity index (χ3n) is 4.41. The van der Waals surface area contributed by atoms with Crippen molar-refractivity contribution in [3.8, 4) is 0 Å². The van der Waals surface area contributed by atoms with E-state index in [2.05, 4.69) is 14.6 Å². The van der Waals surface area contributed by atoms with E-state index in [1.54, 1.807) is 6.20 Å². The standard InChI is InChI=1S/C16H23N5O/c1-13(11-20-9-4-6-18-20)16(22)19-8-3-5-15(12-19)21-10-7-17-14(21)2/h4,6-7,9-10,13,15H,3,5,8,11-12H2,1-2H3/t13-,15+/m0/s1. The fraction of sp³-hybridized carbons (Fsp3) is 0.562. The monoisotopic (exact) mass is 301 g/mol. The maximum Gasteiger partial charge on any atom is 0.227 e. The summed E-state index contributed by atoms with van der Waals surface area (Å²) in [5, 5.41) is 4.18. The molecule has 1 saturated heterocycles. The van der Waals surface area contributed by atoms with E-state index in [1.165, 1.54) is 0 Å². The number of aryl methyl sites for hydroxylation is 1. The van der Waals surface area contributed by atoms with Gasteiger partial charge >= 0.3 is 0 Å². The second-order valence-electron chi connectivity index (χ2n) is 6.09. The molecule has 1 fully saturated rings. The zero-order valence-corrected chi connectivity index (χ0v) is 13.2. The molecule has 6 nitrogen and oxygen atoms in total. The fourth-order valence-electron chi connectivity index (χ4n) is 3.23. The molecule has 0 N–H and O–H groups in total. The summed E-state index contributed by atoms with van der Waals surface area (Å²) in [5.41, 5.74) is 0. The first-order valence-corrected chi connectivity index (χ1v) is 7.91. The summed E-state index contributed by atoms with van der Waals surface area (Å²) in [6.45, 7) is 6.26. The van der Waals surface area contributed by atoms with Gasteiger partial charge in [0.1, 0.15) is 5.82 Å². The maximum atomic E-state index is 12.7. The molecule has 0 spiro atoms. The van der Waals surface area contributed by atoms with Gasteiger partial charge < -0.3 is 9.47 Å². The van der Waals surface area contributed by atoms with Crippen molar-refractivity contribution >= 4 is 5.91 Å². The van der Waals surface area contributed by atoms with Crippen LogP contribution in [0.4, 0.5) is 0 Å². The quantitative estimate of drug-likeness (QED) is 0.866. The Labute approximate surface area is 130 Å². The number of likely N-dealkylation sites (tertiary alicyclic amines) is 1. The number of nitrogens with zero attached hydrogens (tertiary/aromatic N) is 5. The van der Waals surface area contributed by atoms with Crippen LogP contribution in [0.3, 0.4) is 0 Å². The largest absolute Gasteiger partial charge is 0.340 e. The van der Waals surface area contributed by atoms with Gasteiger partial charge in [-0.25, -0.2) is 4.98 Å². The lowest BCUT2D eigenvalue weighted by Crippen LogP contribution is -2.43. The van der Waals surface area contributed by atoms with Gasteiger partial charge in [-0.1, -0.05) is 6.92 Å². The predicted octanol–water partition coefficient (Wildman–Crippen LogP) is 1.89. The number of piperidine rings is 1. The molecular formula is C16H23N5O. The summed E-state index contributed by atoms with van der Waals surface area (Å²) in [6, 6.07) is 2.23. The minimum absolute atomic E-state index is 0.0532. The Balaban J connectivity index is 1.64. The molecule has 1 aliphatic heterocycles. The molecule has 2 aromatic heterocycles. The third-order valence-corrected chi connectivity index (χ3v) is 4.41. The molecule has 0 bridgehead atoms. The molecule has 0 aromatic carbocycles. The van der Waals surface area contributed by atoms with Gasteiger partial charge in [0.2, 0.25) is 5.91 Å². The Bertz CT molecular complexity index is 618. The summed E-state index contributed by atoms with van der Waals surface area (Å²) in [7, 11) is 0. The first-order chi connectivity index (χ1) is 10.6. The lowest BCUT2D eigenvalue weighted by Gasteiger charge is -2.35. The second-order valence-corrected chi connectivity index (χ2v) is 6.09. The van der Waals surface area contributed by atoms with E-state index in [4.69, 9.17) is 0 Å². The highest BCUT2D eigenvalue weighted by Crippen LogP contribution is 2.24. The van der Waals surface area contributed by atoms with Crippen LogP contribution in [-0.2, 0) is 11.3 Å². The molecule has 0 aliphatic carbocycles. The smallest absolute Gasteiger partial charge is 0.227 e. The van der Waals surface area contributed by atoms with Crippen LogP contribution in [0.2, 0.25) is 0 Å². The van der Waals surface area contributed by atoms with Gasteiger partial charge in [0.25, 0.3) is 0 Å². The summed E-state index contributed by atoms with van der Waals surface area (Å²) < 4.78 is 4.02.